The van der Waals surface area contributed by atoms with Crippen molar-refractivity contribution in [1.29, 1.82) is 0 Å². The van der Waals surface area contributed by atoms with Gasteiger partial charge < -0.3 is 14.9 Å². The molecule has 1 heterocycles. The molecule has 132 valence electrons. The second kappa shape index (κ2) is 6.76. The van der Waals surface area contributed by atoms with Crippen molar-refractivity contribution in [2.24, 2.45) is 0 Å². The summed E-state index contributed by atoms with van der Waals surface area (Å²) in [5.74, 6) is -2.38. The van der Waals surface area contributed by atoms with Crippen LogP contribution in [0.2, 0.25) is 0 Å². The van der Waals surface area contributed by atoms with E-state index in [9.17, 15) is 32.3 Å². The van der Waals surface area contributed by atoms with Crippen molar-refractivity contribution in [2.45, 2.75) is 19.2 Å². The first-order valence-corrected chi connectivity index (χ1v) is 7.24. The van der Waals surface area contributed by atoms with Crippen LogP contribution in [0.4, 0.5) is 17.6 Å². The molecule has 2 amide bonds. The number of carbonyl (C=O) groups excluding carboxylic acids is 2. The van der Waals surface area contributed by atoms with Crippen molar-refractivity contribution in [1.82, 2.24) is 9.80 Å². The molecule has 1 aliphatic heterocycles. The number of amides is 2. The van der Waals surface area contributed by atoms with E-state index in [-0.39, 0.29) is 26.2 Å². The smallest absolute Gasteiger partial charge is 0.384 e. The van der Waals surface area contributed by atoms with E-state index < -0.39 is 41.0 Å². The molecule has 1 N–H and O–H groups in total. The molecule has 5 nitrogen and oxygen atoms in total. The highest BCUT2D eigenvalue weighted by Crippen LogP contribution is 2.30. The third kappa shape index (κ3) is 3.84. The highest BCUT2D eigenvalue weighted by atomic mass is 19.4. The predicted molar refractivity (Wildman–Crippen MR) is 75.6 cm³/mol. The van der Waals surface area contributed by atoms with Gasteiger partial charge in [0.2, 0.25) is 0 Å². The van der Waals surface area contributed by atoms with Gasteiger partial charge in [0, 0.05) is 26.2 Å². The van der Waals surface area contributed by atoms with Gasteiger partial charge in [-0.05, 0) is 25.1 Å². The average Bonchev–Trinajstić information content (AvgIpc) is 2.53. The summed E-state index contributed by atoms with van der Waals surface area (Å²) in [6, 6.07) is 1.68. The fraction of sp³-hybridized carbons (Fsp3) is 0.467. The molecule has 9 heteroatoms. The Kier molecular flexibility index (Phi) is 5.12. The van der Waals surface area contributed by atoms with E-state index in [1.807, 2.05) is 0 Å². The molecule has 1 atom stereocenters. The Balaban J connectivity index is 2.12. The number of piperazine rings is 1. The van der Waals surface area contributed by atoms with Crippen LogP contribution in [0.5, 0.6) is 0 Å². The standard InChI is InChI=1S/C15H16F4N2O3/c1-9(22)13(23)20-4-6-21(7-5-20)14(24)11-8-10(15(17,18)19)2-3-12(11)16/h2-3,8-9,22H,4-7H2,1H3. The molecular weight excluding hydrogens is 332 g/mol. The summed E-state index contributed by atoms with van der Waals surface area (Å²) >= 11 is 0. The molecule has 0 spiro atoms. The van der Waals surface area contributed by atoms with Gasteiger partial charge in [0.15, 0.2) is 0 Å². The number of alkyl halides is 3. The summed E-state index contributed by atoms with van der Waals surface area (Å²) < 4.78 is 51.9. The summed E-state index contributed by atoms with van der Waals surface area (Å²) in [5, 5.41) is 9.24. The van der Waals surface area contributed by atoms with Gasteiger partial charge in [-0.2, -0.15) is 13.2 Å². The molecule has 0 radical (unpaired) electrons. The van der Waals surface area contributed by atoms with Gasteiger partial charge in [-0.3, -0.25) is 9.59 Å². The summed E-state index contributed by atoms with van der Waals surface area (Å²) in [6.45, 7) is 1.66. The lowest BCUT2D eigenvalue weighted by Gasteiger charge is -2.35. The minimum Gasteiger partial charge on any atom is -0.384 e. The minimum atomic E-state index is -4.68. The second-order valence-electron chi connectivity index (χ2n) is 5.49. The van der Waals surface area contributed by atoms with E-state index >= 15 is 0 Å². The van der Waals surface area contributed by atoms with Crippen molar-refractivity contribution in [3.63, 3.8) is 0 Å². The highest BCUT2D eigenvalue weighted by molar-refractivity contribution is 5.95. The maximum Gasteiger partial charge on any atom is 0.416 e. The molecule has 0 saturated carbocycles. The van der Waals surface area contributed by atoms with Crippen LogP contribution in [0.15, 0.2) is 18.2 Å². The van der Waals surface area contributed by atoms with Crippen LogP contribution in [0.1, 0.15) is 22.8 Å². The number of hydrogen-bond donors (Lipinski definition) is 1. The van der Waals surface area contributed by atoms with E-state index in [0.29, 0.717) is 18.2 Å². The normalized spacial score (nSPS) is 16.9. The Hall–Kier alpha value is -2.16. The van der Waals surface area contributed by atoms with E-state index in [0.717, 1.165) is 0 Å². The van der Waals surface area contributed by atoms with Gasteiger partial charge in [0.25, 0.3) is 11.8 Å². The van der Waals surface area contributed by atoms with Gasteiger partial charge in [-0.15, -0.1) is 0 Å². The third-order valence-electron chi connectivity index (χ3n) is 3.76. The minimum absolute atomic E-state index is 0.0486. The summed E-state index contributed by atoms with van der Waals surface area (Å²) in [6.07, 6.45) is -5.85. The topological polar surface area (TPSA) is 60.9 Å². The number of aliphatic hydroxyl groups is 1. The number of nitrogens with zero attached hydrogens (tertiary/aromatic N) is 2. The lowest BCUT2D eigenvalue weighted by Crippen LogP contribution is -2.52. The number of rotatable bonds is 2. The lowest BCUT2D eigenvalue weighted by molar-refractivity contribution is -0.140. The van der Waals surface area contributed by atoms with E-state index in [2.05, 4.69) is 0 Å². The molecule has 0 aliphatic carbocycles. The van der Waals surface area contributed by atoms with Gasteiger partial charge in [-0.1, -0.05) is 0 Å². The monoisotopic (exact) mass is 348 g/mol. The SMILES string of the molecule is CC(O)C(=O)N1CCN(C(=O)c2cc(C(F)(F)F)ccc2F)CC1. The van der Waals surface area contributed by atoms with Gasteiger partial charge in [0.1, 0.15) is 11.9 Å². The van der Waals surface area contributed by atoms with Crippen molar-refractivity contribution in [3.05, 3.63) is 35.1 Å². The Morgan fingerprint density at radius 3 is 2.17 bits per heavy atom. The van der Waals surface area contributed by atoms with Crippen LogP contribution in [0, 0.1) is 5.82 Å². The van der Waals surface area contributed by atoms with Crippen LogP contribution in [-0.4, -0.2) is 59.0 Å². The summed E-state index contributed by atoms with van der Waals surface area (Å²) in [4.78, 5) is 26.4. The maximum atomic E-state index is 13.8. The van der Waals surface area contributed by atoms with Crippen LogP contribution in [0.25, 0.3) is 0 Å². The summed E-state index contributed by atoms with van der Waals surface area (Å²) in [7, 11) is 0. The molecule has 1 aliphatic rings. The van der Waals surface area contributed by atoms with Crippen molar-refractivity contribution in [2.75, 3.05) is 26.2 Å². The number of hydrogen-bond acceptors (Lipinski definition) is 3. The summed E-state index contributed by atoms with van der Waals surface area (Å²) in [5.41, 5.74) is -1.75. The van der Waals surface area contributed by atoms with Crippen molar-refractivity contribution < 1.29 is 32.3 Å². The van der Waals surface area contributed by atoms with Crippen LogP contribution in [0.3, 0.4) is 0 Å². The molecule has 1 fully saturated rings. The van der Waals surface area contributed by atoms with Crippen LogP contribution in [-0.2, 0) is 11.0 Å². The van der Waals surface area contributed by atoms with E-state index in [1.54, 1.807) is 0 Å². The largest absolute Gasteiger partial charge is 0.416 e. The van der Waals surface area contributed by atoms with Gasteiger partial charge in [-0.25, -0.2) is 4.39 Å². The molecule has 1 saturated heterocycles. The molecule has 1 aromatic rings. The first-order chi connectivity index (χ1) is 11.1. The zero-order valence-electron chi connectivity index (χ0n) is 12.8. The Labute approximate surface area is 135 Å². The zero-order chi connectivity index (χ0) is 18.1. The molecule has 2 rings (SSSR count). The Morgan fingerprint density at radius 2 is 1.67 bits per heavy atom. The fourth-order valence-corrected chi connectivity index (χ4v) is 2.43. The zero-order valence-corrected chi connectivity index (χ0v) is 12.8. The first kappa shape index (κ1) is 18.2. The Bertz CT molecular complexity index is 638. The highest BCUT2D eigenvalue weighted by Gasteiger charge is 2.33. The number of halogens is 4. The fourth-order valence-electron chi connectivity index (χ4n) is 2.43. The lowest BCUT2D eigenvalue weighted by atomic mass is 10.1. The predicted octanol–water partition coefficient (Wildman–Crippen LogP) is 1.51. The van der Waals surface area contributed by atoms with Crippen molar-refractivity contribution in [3.8, 4) is 0 Å². The van der Waals surface area contributed by atoms with Gasteiger partial charge in [0.05, 0.1) is 11.1 Å². The molecule has 24 heavy (non-hydrogen) atoms. The molecule has 0 bridgehead atoms. The van der Waals surface area contributed by atoms with Crippen LogP contribution < -0.4 is 0 Å². The molecule has 1 aromatic carbocycles. The van der Waals surface area contributed by atoms with E-state index in [1.165, 1.54) is 16.7 Å². The van der Waals surface area contributed by atoms with Crippen LogP contribution >= 0.6 is 0 Å². The molecule has 1 unspecified atom stereocenters. The molecular formula is C15H16F4N2O3. The number of aliphatic hydroxyl groups excluding tert-OH is 1. The van der Waals surface area contributed by atoms with E-state index in [4.69, 9.17) is 0 Å². The second-order valence-corrected chi connectivity index (χ2v) is 5.49. The van der Waals surface area contributed by atoms with Crippen molar-refractivity contribution >= 4 is 11.8 Å². The average molecular weight is 348 g/mol. The maximum absolute atomic E-state index is 13.8. The quantitative estimate of drug-likeness (QED) is 0.825. The number of benzene rings is 1. The first-order valence-electron chi connectivity index (χ1n) is 7.24. The molecule has 0 aromatic heterocycles. The van der Waals surface area contributed by atoms with Gasteiger partial charge >= 0.3 is 6.18 Å². The third-order valence-corrected chi connectivity index (χ3v) is 3.76. The Morgan fingerprint density at radius 1 is 1.12 bits per heavy atom. The number of carbonyl (C=O) groups is 2.